The van der Waals surface area contributed by atoms with E-state index in [0.29, 0.717) is 33.3 Å². The standard InChI is InChI=1S/C16H11FN2O2/c1-21-12-7-8(10-3-2-6-18-10)13-15-11(19-16(13)20)5-4-9(17)14(12)15/h2-7,18H,1H3,(H,19,20). The van der Waals surface area contributed by atoms with Crippen molar-refractivity contribution in [3.05, 3.63) is 47.9 Å². The predicted molar refractivity (Wildman–Crippen MR) is 78.2 cm³/mol. The molecule has 4 rings (SSSR count). The first kappa shape index (κ1) is 12.0. The van der Waals surface area contributed by atoms with Gasteiger partial charge in [0.25, 0.3) is 5.91 Å². The van der Waals surface area contributed by atoms with Crippen LogP contribution in [-0.2, 0) is 0 Å². The van der Waals surface area contributed by atoms with E-state index in [1.165, 1.54) is 13.2 Å². The number of aromatic amines is 1. The van der Waals surface area contributed by atoms with Crippen LogP contribution < -0.4 is 10.1 Å². The van der Waals surface area contributed by atoms with Crippen LogP contribution in [0.3, 0.4) is 0 Å². The minimum atomic E-state index is -0.401. The molecule has 2 aromatic carbocycles. The van der Waals surface area contributed by atoms with E-state index in [0.717, 1.165) is 5.69 Å². The van der Waals surface area contributed by atoms with Gasteiger partial charge in [0.1, 0.15) is 11.6 Å². The van der Waals surface area contributed by atoms with Crippen LogP contribution in [0.25, 0.3) is 22.0 Å². The highest BCUT2D eigenvalue weighted by Crippen LogP contribution is 2.44. The Morgan fingerprint density at radius 3 is 2.76 bits per heavy atom. The summed E-state index contributed by atoms with van der Waals surface area (Å²) in [5, 5.41) is 3.68. The van der Waals surface area contributed by atoms with E-state index in [1.54, 1.807) is 18.3 Å². The van der Waals surface area contributed by atoms with Crippen LogP contribution in [0, 0.1) is 5.82 Å². The Balaban J connectivity index is 2.21. The maximum atomic E-state index is 14.2. The zero-order valence-corrected chi connectivity index (χ0v) is 11.2. The number of rotatable bonds is 2. The van der Waals surface area contributed by atoms with Crippen molar-refractivity contribution in [1.29, 1.82) is 0 Å². The van der Waals surface area contributed by atoms with Crippen LogP contribution in [0.1, 0.15) is 10.4 Å². The molecule has 0 saturated heterocycles. The summed E-state index contributed by atoms with van der Waals surface area (Å²) in [6.45, 7) is 0. The zero-order chi connectivity index (χ0) is 14.6. The number of aromatic nitrogens is 1. The monoisotopic (exact) mass is 282 g/mol. The number of hydrogen-bond donors (Lipinski definition) is 2. The van der Waals surface area contributed by atoms with Gasteiger partial charge in [-0.05, 0) is 30.3 Å². The van der Waals surface area contributed by atoms with Gasteiger partial charge in [0.05, 0.1) is 23.7 Å². The topological polar surface area (TPSA) is 54.1 Å². The molecule has 0 unspecified atom stereocenters. The van der Waals surface area contributed by atoms with E-state index in [9.17, 15) is 9.18 Å². The van der Waals surface area contributed by atoms with E-state index < -0.39 is 5.82 Å². The average Bonchev–Trinajstić information content (AvgIpc) is 3.12. The highest BCUT2D eigenvalue weighted by Gasteiger charge is 2.29. The minimum absolute atomic E-state index is 0.229. The molecule has 1 aromatic heterocycles. The molecule has 2 heterocycles. The number of nitrogens with one attached hydrogen (secondary N) is 2. The largest absolute Gasteiger partial charge is 0.496 e. The Hall–Kier alpha value is -2.82. The number of amides is 1. The molecule has 1 aliphatic rings. The number of anilines is 1. The predicted octanol–water partition coefficient (Wildman–Crippen LogP) is 3.55. The molecule has 1 amide bonds. The normalized spacial score (nSPS) is 12.8. The Morgan fingerprint density at radius 2 is 2.05 bits per heavy atom. The summed E-state index contributed by atoms with van der Waals surface area (Å²) in [5.74, 6) is -0.219. The molecule has 4 nitrogen and oxygen atoms in total. The van der Waals surface area contributed by atoms with Gasteiger partial charge in [-0.3, -0.25) is 4.79 Å². The Morgan fingerprint density at radius 1 is 1.19 bits per heavy atom. The molecule has 5 heteroatoms. The fourth-order valence-corrected chi connectivity index (χ4v) is 2.88. The summed E-state index contributed by atoms with van der Waals surface area (Å²) < 4.78 is 19.5. The smallest absolute Gasteiger partial charge is 0.257 e. The number of benzene rings is 2. The number of ether oxygens (including phenoxy) is 1. The van der Waals surface area contributed by atoms with Gasteiger partial charge < -0.3 is 15.0 Å². The molecule has 0 bridgehead atoms. The van der Waals surface area contributed by atoms with Crippen molar-refractivity contribution < 1.29 is 13.9 Å². The van der Waals surface area contributed by atoms with Crippen LogP contribution in [0.4, 0.5) is 10.1 Å². The highest BCUT2D eigenvalue weighted by molar-refractivity contribution is 6.27. The summed E-state index contributed by atoms with van der Waals surface area (Å²) in [6, 6.07) is 8.31. The van der Waals surface area contributed by atoms with Crippen molar-refractivity contribution in [2.45, 2.75) is 0 Å². The maximum Gasteiger partial charge on any atom is 0.257 e. The third kappa shape index (κ3) is 1.51. The van der Waals surface area contributed by atoms with Gasteiger partial charge in [-0.15, -0.1) is 0 Å². The lowest BCUT2D eigenvalue weighted by molar-refractivity contribution is 0.103. The number of hydrogen-bond acceptors (Lipinski definition) is 2. The molecule has 21 heavy (non-hydrogen) atoms. The molecule has 0 radical (unpaired) electrons. The Kier molecular flexibility index (Phi) is 2.33. The number of methoxy groups -OCH3 is 1. The molecule has 3 aromatic rings. The van der Waals surface area contributed by atoms with Gasteiger partial charge in [0.2, 0.25) is 0 Å². The molecule has 0 saturated carbocycles. The first-order valence-electron chi connectivity index (χ1n) is 6.49. The average molecular weight is 282 g/mol. The third-order valence-electron chi connectivity index (χ3n) is 3.78. The van der Waals surface area contributed by atoms with Crippen molar-refractivity contribution in [2.24, 2.45) is 0 Å². The summed E-state index contributed by atoms with van der Waals surface area (Å²) in [7, 11) is 1.49. The molecular weight excluding hydrogens is 271 g/mol. The van der Waals surface area contributed by atoms with E-state index in [2.05, 4.69) is 10.3 Å². The molecule has 0 spiro atoms. The molecule has 104 valence electrons. The summed E-state index contributed by atoms with van der Waals surface area (Å²) in [4.78, 5) is 15.4. The second-order valence-electron chi connectivity index (χ2n) is 4.88. The fraction of sp³-hybridized carbons (Fsp3) is 0.0625. The molecular formula is C16H11FN2O2. The first-order chi connectivity index (χ1) is 10.2. The third-order valence-corrected chi connectivity index (χ3v) is 3.78. The van der Waals surface area contributed by atoms with Crippen molar-refractivity contribution >= 4 is 22.4 Å². The summed E-state index contributed by atoms with van der Waals surface area (Å²) in [6.07, 6.45) is 1.78. The van der Waals surface area contributed by atoms with Crippen LogP contribution in [0.2, 0.25) is 0 Å². The number of carbonyl (C=O) groups is 1. The van der Waals surface area contributed by atoms with E-state index in [4.69, 9.17) is 4.74 Å². The minimum Gasteiger partial charge on any atom is -0.496 e. The summed E-state index contributed by atoms with van der Waals surface area (Å²) in [5.41, 5.74) is 2.57. The van der Waals surface area contributed by atoms with Crippen LogP contribution >= 0.6 is 0 Å². The molecule has 2 N–H and O–H groups in total. The van der Waals surface area contributed by atoms with Crippen LogP contribution in [0.5, 0.6) is 5.75 Å². The van der Waals surface area contributed by atoms with Crippen molar-refractivity contribution in [3.8, 4) is 17.0 Å². The highest BCUT2D eigenvalue weighted by atomic mass is 19.1. The lowest BCUT2D eigenvalue weighted by Crippen LogP contribution is -2.06. The molecule has 0 fully saturated rings. The second kappa shape index (κ2) is 4.09. The van der Waals surface area contributed by atoms with Gasteiger partial charge in [-0.1, -0.05) is 0 Å². The second-order valence-corrected chi connectivity index (χ2v) is 4.88. The van der Waals surface area contributed by atoms with Gasteiger partial charge >= 0.3 is 0 Å². The van der Waals surface area contributed by atoms with E-state index in [-0.39, 0.29) is 5.91 Å². The number of carbonyl (C=O) groups excluding carboxylic acids is 1. The number of H-pyrrole nitrogens is 1. The fourth-order valence-electron chi connectivity index (χ4n) is 2.88. The molecule has 1 aliphatic heterocycles. The maximum absolute atomic E-state index is 14.2. The molecule has 0 aliphatic carbocycles. The number of halogens is 1. The lowest BCUT2D eigenvalue weighted by atomic mass is 9.96. The summed E-state index contributed by atoms with van der Waals surface area (Å²) >= 11 is 0. The van der Waals surface area contributed by atoms with Crippen molar-refractivity contribution in [2.75, 3.05) is 12.4 Å². The van der Waals surface area contributed by atoms with Gasteiger partial charge in [-0.2, -0.15) is 0 Å². The molecule has 0 atom stereocenters. The zero-order valence-electron chi connectivity index (χ0n) is 11.2. The van der Waals surface area contributed by atoms with Crippen LogP contribution in [-0.4, -0.2) is 18.0 Å². The first-order valence-corrected chi connectivity index (χ1v) is 6.49. The van der Waals surface area contributed by atoms with E-state index in [1.807, 2.05) is 12.1 Å². The SMILES string of the molecule is COc1cc(-c2ccc[nH]2)c2c3c(ccc(F)c13)NC2=O. The Labute approximate surface area is 119 Å². The van der Waals surface area contributed by atoms with Gasteiger partial charge in [0.15, 0.2) is 0 Å². The van der Waals surface area contributed by atoms with Gasteiger partial charge in [0, 0.05) is 22.8 Å². The van der Waals surface area contributed by atoms with Crippen molar-refractivity contribution in [3.63, 3.8) is 0 Å². The quantitative estimate of drug-likeness (QED) is 0.755. The van der Waals surface area contributed by atoms with Gasteiger partial charge in [-0.25, -0.2) is 4.39 Å². The van der Waals surface area contributed by atoms with Crippen molar-refractivity contribution in [1.82, 2.24) is 4.98 Å². The lowest BCUT2D eigenvalue weighted by Gasteiger charge is -2.11. The Bertz CT molecular complexity index is 885. The van der Waals surface area contributed by atoms with E-state index >= 15 is 0 Å². The van der Waals surface area contributed by atoms with Crippen LogP contribution in [0.15, 0.2) is 36.5 Å².